The molecule has 1 fully saturated rings. The second-order valence-corrected chi connectivity index (χ2v) is 3.89. The third kappa shape index (κ3) is 3.21. The summed E-state index contributed by atoms with van der Waals surface area (Å²) in [5.41, 5.74) is 5.70. The number of hydrogen-bond donors (Lipinski definition) is 2. The molecule has 0 saturated heterocycles. The summed E-state index contributed by atoms with van der Waals surface area (Å²) in [6.07, 6.45) is 5.41. The lowest BCUT2D eigenvalue weighted by molar-refractivity contribution is 0.105. The highest BCUT2D eigenvalue weighted by atomic mass is 16.3. The fourth-order valence-corrected chi connectivity index (χ4v) is 1.91. The predicted molar refractivity (Wildman–Crippen MR) is 46.2 cm³/mol. The van der Waals surface area contributed by atoms with E-state index in [-0.39, 0.29) is 6.10 Å². The average molecular weight is 157 g/mol. The van der Waals surface area contributed by atoms with Crippen molar-refractivity contribution in [1.29, 1.82) is 0 Å². The first-order valence-electron chi connectivity index (χ1n) is 4.62. The maximum Gasteiger partial charge on any atom is 0.0540 e. The summed E-state index contributed by atoms with van der Waals surface area (Å²) in [6, 6.07) is 0.329. The van der Waals surface area contributed by atoms with Gasteiger partial charge in [-0.2, -0.15) is 0 Å². The number of aliphatic hydroxyl groups is 1. The topological polar surface area (TPSA) is 46.2 Å². The maximum absolute atomic E-state index is 9.23. The van der Waals surface area contributed by atoms with Crippen LogP contribution >= 0.6 is 0 Å². The van der Waals surface area contributed by atoms with Gasteiger partial charge < -0.3 is 10.8 Å². The van der Waals surface area contributed by atoms with E-state index < -0.39 is 0 Å². The molecule has 1 aliphatic rings. The molecule has 3 N–H and O–H groups in total. The lowest BCUT2D eigenvalue weighted by Gasteiger charge is -2.26. The van der Waals surface area contributed by atoms with E-state index in [0.717, 1.165) is 25.2 Å². The predicted octanol–water partition coefficient (Wildman–Crippen LogP) is 1.27. The largest absolute Gasteiger partial charge is 0.393 e. The van der Waals surface area contributed by atoms with E-state index in [1.165, 1.54) is 12.8 Å². The SMILES string of the molecule is CC(N)CC1CCC(O)CC1. The summed E-state index contributed by atoms with van der Waals surface area (Å²) in [4.78, 5) is 0. The molecule has 0 aromatic rings. The van der Waals surface area contributed by atoms with Gasteiger partial charge in [0.15, 0.2) is 0 Å². The minimum absolute atomic E-state index is 0.0284. The molecule has 1 saturated carbocycles. The molecule has 0 aromatic carbocycles. The average Bonchev–Trinajstić information content (AvgIpc) is 1.93. The molecule has 1 aliphatic carbocycles. The van der Waals surface area contributed by atoms with Gasteiger partial charge in [-0.25, -0.2) is 0 Å². The van der Waals surface area contributed by atoms with E-state index in [1.807, 2.05) is 0 Å². The van der Waals surface area contributed by atoms with Gasteiger partial charge in [0.2, 0.25) is 0 Å². The van der Waals surface area contributed by atoms with E-state index in [9.17, 15) is 5.11 Å². The molecule has 0 heterocycles. The lowest BCUT2D eigenvalue weighted by Crippen LogP contribution is -2.24. The first-order chi connectivity index (χ1) is 5.18. The fourth-order valence-electron chi connectivity index (χ4n) is 1.91. The van der Waals surface area contributed by atoms with Crippen molar-refractivity contribution in [2.45, 2.75) is 51.2 Å². The minimum Gasteiger partial charge on any atom is -0.393 e. The van der Waals surface area contributed by atoms with Crippen molar-refractivity contribution in [1.82, 2.24) is 0 Å². The minimum atomic E-state index is -0.0284. The van der Waals surface area contributed by atoms with Crippen molar-refractivity contribution in [3.05, 3.63) is 0 Å². The Hall–Kier alpha value is -0.0800. The highest BCUT2D eigenvalue weighted by molar-refractivity contribution is 4.73. The number of rotatable bonds is 2. The Kier molecular flexibility index (Phi) is 3.34. The van der Waals surface area contributed by atoms with Crippen molar-refractivity contribution < 1.29 is 5.11 Å². The molecule has 0 spiro atoms. The van der Waals surface area contributed by atoms with E-state index >= 15 is 0 Å². The van der Waals surface area contributed by atoms with Gasteiger partial charge in [-0.1, -0.05) is 0 Å². The van der Waals surface area contributed by atoms with Gasteiger partial charge in [-0.15, -0.1) is 0 Å². The molecule has 0 amide bonds. The Labute approximate surface area is 68.8 Å². The quantitative estimate of drug-likeness (QED) is 0.634. The molecule has 0 radical (unpaired) electrons. The lowest BCUT2D eigenvalue weighted by atomic mass is 9.84. The van der Waals surface area contributed by atoms with Crippen molar-refractivity contribution in [2.24, 2.45) is 11.7 Å². The molecule has 0 aromatic heterocycles. The highest BCUT2D eigenvalue weighted by Crippen LogP contribution is 2.27. The van der Waals surface area contributed by atoms with Crippen LogP contribution in [-0.2, 0) is 0 Å². The molecule has 2 heteroatoms. The second-order valence-electron chi connectivity index (χ2n) is 3.89. The number of aliphatic hydroxyl groups excluding tert-OH is 1. The van der Waals surface area contributed by atoms with Crippen LogP contribution in [0.2, 0.25) is 0 Å². The van der Waals surface area contributed by atoms with Crippen LogP contribution in [0.25, 0.3) is 0 Å². The molecule has 0 bridgehead atoms. The zero-order valence-corrected chi connectivity index (χ0v) is 7.29. The first kappa shape index (κ1) is 9.01. The zero-order chi connectivity index (χ0) is 8.27. The van der Waals surface area contributed by atoms with E-state index in [2.05, 4.69) is 6.92 Å². The summed E-state index contributed by atoms with van der Waals surface area (Å²) >= 11 is 0. The van der Waals surface area contributed by atoms with Crippen LogP contribution in [0, 0.1) is 5.92 Å². The van der Waals surface area contributed by atoms with Gasteiger partial charge in [-0.3, -0.25) is 0 Å². The molecule has 11 heavy (non-hydrogen) atoms. The van der Waals surface area contributed by atoms with E-state index in [4.69, 9.17) is 5.73 Å². The van der Waals surface area contributed by atoms with Crippen molar-refractivity contribution >= 4 is 0 Å². The van der Waals surface area contributed by atoms with Crippen LogP contribution in [0.5, 0.6) is 0 Å². The number of nitrogens with two attached hydrogens (primary N) is 1. The monoisotopic (exact) mass is 157 g/mol. The van der Waals surface area contributed by atoms with Gasteiger partial charge in [-0.05, 0) is 44.9 Å². The van der Waals surface area contributed by atoms with E-state index in [1.54, 1.807) is 0 Å². The van der Waals surface area contributed by atoms with Gasteiger partial charge in [0, 0.05) is 6.04 Å². The zero-order valence-electron chi connectivity index (χ0n) is 7.29. The van der Waals surface area contributed by atoms with Crippen LogP contribution in [0.4, 0.5) is 0 Å². The molecule has 0 aliphatic heterocycles. The third-order valence-electron chi connectivity index (χ3n) is 2.52. The number of hydrogen-bond acceptors (Lipinski definition) is 2. The van der Waals surface area contributed by atoms with Gasteiger partial charge >= 0.3 is 0 Å². The highest BCUT2D eigenvalue weighted by Gasteiger charge is 2.19. The molecule has 1 atom stereocenters. The Morgan fingerprint density at radius 2 is 1.91 bits per heavy atom. The van der Waals surface area contributed by atoms with Crippen LogP contribution in [0.1, 0.15) is 39.0 Å². The summed E-state index contributed by atoms with van der Waals surface area (Å²) in [5.74, 6) is 0.776. The smallest absolute Gasteiger partial charge is 0.0540 e. The molecule has 2 nitrogen and oxygen atoms in total. The van der Waals surface area contributed by atoms with Crippen molar-refractivity contribution in [3.8, 4) is 0 Å². The molecule has 1 rings (SSSR count). The normalized spacial score (nSPS) is 35.2. The molecular weight excluding hydrogens is 138 g/mol. The molecule has 66 valence electrons. The molecule has 1 unspecified atom stereocenters. The van der Waals surface area contributed by atoms with Crippen molar-refractivity contribution in [3.63, 3.8) is 0 Å². The van der Waals surface area contributed by atoms with Crippen LogP contribution in [0.15, 0.2) is 0 Å². The van der Waals surface area contributed by atoms with Gasteiger partial charge in [0.05, 0.1) is 6.10 Å². The Morgan fingerprint density at radius 3 is 2.36 bits per heavy atom. The molecular formula is C9H19NO. The summed E-state index contributed by atoms with van der Waals surface area (Å²) < 4.78 is 0. The first-order valence-corrected chi connectivity index (χ1v) is 4.62. The van der Waals surface area contributed by atoms with Gasteiger partial charge in [0.25, 0.3) is 0 Å². The standard InChI is InChI=1S/C9H19NO/c1-7(10)6-8-2-4-9(11)5-3-8/h7-9,11H,2-6,10H2,1H3. The fraction of sp³-hybridized carbons (Fsp3) is 1.00. The van der Waals surface area contributed by atoms with Crippen LogP contribution in [-0.4, -0.2) is 17.3 Å². The summed E-state index contributed by atoms with van der Waals surface area (Å²) in [5, 5.41) is 9.23. The second kappa shape index (κ2) is 4.07. The Balaban J connectivity index is 2.17. The maximum atomic E-state index is 9.23. The summed E-state index contributed by atoms with van der Waals surface area (Å²) in [7, 11) is 0. The Bertz CT molecular complexity index is 106. The van der Waals surface area contributed by atoms with E-state index in [0.29, 0.717) is 6.04 Å². The third-order valence-corrected chi connectivity index (χ3v) is 2.52. The Morgan fingerprint density at radius 1 is 1.36 bits per heavy atom. The van der Waals surface area contributed by atoms with Gasteiger partial charge in [0.1, 0.15) is 0 Å². The summed E-state index contributed by atoms with van der Waals surface area (Å²) in [6.45, 7) is 2.06. The van der Waals surface area contributed by atoms with Crippen LogP contribution < -0.4 is 5.73 Å². The van der Waals surface area contributed by atoms with Crippen LogP contribution in [0.3, 0.4) is 0 Å². The van der Waals surface area contributed by atoms with Crippen molar-refractivity contribution in [2.75, 3.05) is 0 Å².